The summed E-state index contributed by atoms with van der Waals surface area (Å²) in [5.41, 5.74) is 1.71. The zero-order valence-electron chi connectivity index (χ0n) is 13.5. The first-order chi connectivity index (χ1) is 10.8. The van der Waals surface area contributed by atoms with Crippen molar-refractivity contribution in [3.8, 4) is 0 Å². The molecule has 3 nitrogen and oxygen atoms in total. The number of benzene rings is 2. The van der Waals surface area contributed by atoms with Gasteiger partial charge in [0.1, 0.15) is 0 Å². The Balaban J connectivity index is 2.17. The molecular formula is C19H20O3Si. The molecule has 0 fully saturated rings. The van der Waals surface area contributed by atoms with Crippen LogP contribution < -0.4 is 5.19 Å². The van der Waals surface area contributed by atoms with Crippen molar-refractivity contribution in [2.45, 2.75) is 19.6 Å². The number of aromatic carboxylic acids is 1. The summed E-state index contributed by atoms with van der Waals surface area (Å²) in [7, 11) is -1.45. The predicted molar refractivity (Wildman–Crippen MR) is 96.2 cm³/mol. The SMILES string of the molecule is C[Si](C)(C)c1cccc(C(=O)C=Cc2ccc(C(=O)O)cc2)c1. The van der Waals surface area contributed by atoms with Crippen molar-refractivity contribution in [1.82, 2.24) is 0 Å². The molecule has 0 aromatic heterocycles. The molecule has 0 bridgehead atoms. The minimum Gasteiger partial charge on any atom is -0.478 e. The van der Waals surface area contributed by atoms with E-state index >= 15 is 0 Å². The van der Waals surface area contributed by atoms with Crippen LogP contribution in [0.2, 0.25) is 19.6 Å². The Kier molecular flexibility index (Phi) is 4.96. The van der Waals surface area contributed by atoms with Crippen LogP contribution in [0.5, 0.6) is 0 Å². The summed E-state index contributed by atoms with van der Waals surface area (Å²) in [6.07, 6.45) is 3.23. The molecule has 0 heterocycles. The monoisotopic (exact) mass is 324 g/mol. The first-order valence-corrected chi connectivity index (χ1v) is 10.9. The van der Waals surface area contributed by atoms with E-state index in [0.29, 0.717) is 5.56 Å². The van der Waals surface area contributed by atoms with Gasteiger partial charge in [-0.1, -0.05) is 67.3 Å². The van der Waals surface area contributed by atoms with Crippen LogP contribution in [0, 0.1) is 0 Å². The highest BCUT2D eigenvalue weighted by molar-refractivity contribution is 6.88. The summed E-state index contributed by atoms with van der Waals surface area (Å²) in [6, 6.07) is 14.2. The Bertz CT molecular complexity index is 753. The van der Waals surface area contributed by atoms with Gasteiger partial charge in [0.2, 0.25) is 0 Å². The van der Waals surface area contributed by atoms with E-state index in [-0.39, 0.29) is 11.3 Å². The number of hydrogen-bond donors (Lipinski definition) is 1. The van der Waals surface area contributed by atoms with Crippen molar-refractivity contribution in [3.63, 3.8) is 0 Å². The summed E-state index contributed by atoms with van der Waals surface area (Å²) >= 11 is 0. The molecule has 2 aromatic carbocycles. The molecule has 0 atom stereocenters. The fourth-order valence-corrected chi connectivity index (χ4v) is 3.33. The highest BCUT2D eigenvalue weighted by atomic mass is 28.3. The van der Waals surface area contributed by atoms with E-state index in [1.165, 1.54) is 23.4 Å². The van der Waals surface area contributed by atoms with Crippen LogP contribution in [0.15, 0.2) is 54.6 Å². The van der Waals surface area contributed by atoms with E-state index in [4.69, 9.17) is 5.11 Å². The average Bonchev–Trinajstić information content (AvgIpc) is 2.52. The molecule has 0 spiro atoms. The van der Waals surface area contributed by atoms with Crippen LogP contribution in [0.4, 0.5) is 0 Å². The summed E-state index contributed by atoms with van der Waals surface area (Å²) in [4.78, 5) is 23.1. The summed E-state index contributed by atoms with van der Waals surface area (Å²) in [5, 5.41) is 10.1. The zero-order chi connectivity index (χ0) is 17.0. The number of carbonyl (C=O) groups is 2. The zero-order valence-corrected chi connectivity index (χ0v) is 14.5. The Labute approximate surface area is 137 Å². The second-order valence-electron chi connectivity index (χ2n) is 6.46. The van der Waals surface area contributed by atoms with Crippen molar-refractivity contribution in [2.24, 2.45) is 0 Å². The molecule has 118 valence electrons. The maximum Gasteiger partial charge on any atom is 0.335 e. The molecule has 23 heavy (non-hydrogen) atoms. The van der Waals surface area contributed by atoms with Crippen molar-refractivity contribution in [1.29, 1.82) is 0 Å². The fourth-order valence-electron chi connectivity index (χ4n) is 2.14. The number of allylic oxidation sites excluding steroid dienone is 1. The molecule has 0 amide bonds. The van der Waals surface area contributed by atoms with E-state index < -0.39 is 14.0 Å². The molecule has 0 aliphatic carbocycles. The second-order valence-corrected chi connectivity index (χ2v) is 11.5. The van der Waals surface area contributed by atoms with E-state index in [2.05, 4.69) is 25.7 Å². The van der Waals surface area contributed by atoms with Crippen molar-refractivity contribution in [3.05, 3.63) is 71.3 Å². The number of carboxylic acid groups (broad SMARTS) is 1. The lowest BCUT2D eigenvalue weighted by atomic mass is 10.1. The van der Waals surface area contributed by atoms with Crippen LogP contribution in [-0.4, -0.2) is 24.9 Å². The van der Waals surface area contributed by atoms with Gasteiger partial charge < -0.3 is 5.11 Å². The summed E-state index contributed by atoms with van der Waals surface area (Å²) < 4.78 is 0. The lowest BCUT2D eigenvalue weighted by molar-refractivity contribution is 0.0696. The first kappa shape index (κ1) is 16.9. The molecule has 0 radical (unpaired) electrons. The lowest BCUT2D eigenvalue weighted by Gasteiger charge is -2.16. The minimum atomic E-state index is -1.45. The third kappa shape index (κ3) is 4.50. The number of ketones is 1. The van der Waals surface area contributed by atoms with Crippen LogP contribution in [0.3, 0.4) is 0 Å². The van der Waals surface area contributed by atoms with Crippen LogP contribution in [0.1, 0.15) is 26.3 Å². The Morgan fingerprint density at radius 3 is 2.17 bits per heavy atom. The highest BCUT2D eigenvalue weighted by Gasteiger charge is 2.17. The molecule has 4 heteroatoms. The normalized spacial score (nSPS) is 11.6. The number of rotatable bonds is 5. The molecule has 1 N–H and O–H groups in total. The van der Waals surface area contributed by atoms with Gasteiger partial charge in [-0.15, -0.1) is 0 Å². The van der Waals surface area contributed by atoms with Gasteiger partial charge in [-0.25, -0.2) is 4.79 Å². The van der Waals surface area contributed by atoms with Crippen molar-refractivity contribution >= 4 is 31.1 Å². The largest absolute Gasteiger partial charge is 0.478 e. The molecule has 0 aliphatic heterocycles. The van der Waals surface area contributed by atoms with Crippen LogP contribution in [-0.2, 0) is 0 Å². The third-order valence-electron chi connectivity index (χ3n) is 3.60. The van der Waals surface area contributed by atoms with Crippen LogP contribution in [0.25, 0.3) is 6.08 Å². The van der Waals surface area contributed by atoms with Gasteiger partial charge in [0, 0.05) is 5.56 Å². The van der Waals surface area contributed by atoms with Gasteiger partial charge in [-0.2, -0.15) is 0 Å². The van der Waals surface area contributed by atoms with Gasteiger partial charge >= 0.3 is 5.97 Å². The number of carbonyl (C=O) groups excluding carboxylic acids is 1. The van der Waals surface area contributed by atoms with E-state index in [9.17, 15) is 9.59 Å². The highest BCUT2D eigenvalue weighted by Crippen LogP contribution is 2.09. The molecule has 0 saturated carbocycles. The maximum atomic E-state index is 12.3. The van der Waals surface area contributed by atoms with Gasteiger partial charge in [-0.3, -0.25) is 4.79 Å². The molecular weight excluding hydrogens is 304 g/mol. The van der Waals surface area contributed by atoms with E-state index in [1.54, 1.807) is 18.2 Å². The number of carboxylic acids is 1. The first-order valence-electron chi connectivity index (χ1n) is 7.44. The molecule has 2 rings (SSSR count). The van der Waals surface area contributed by atoms with E-state index in [0.717, 1.165) is 5.56 Å². The Hall–Kier alpha value is -2.46. The van der Waals surface area contributed by atoms with E-state index in [1.807, 2.05) is 18.2 Å². The van der Waals surface area contributed by atoms with Crippen molar-refractivity contribution in [2.75, 3.05) is 0 Å². The van der Waals surface area contributed by atoms with Crippen molar-refractivity contribution < 1.29 is 14.7 Å². The smallest absolute Gasteiger partial charge is 0.335 e. The Morgan fingerprint density at radius 2 is 1.61 bits per heavy atom. The Morgan fingerprint density at radius 1 is 0.957 bits per heavy atom. The van der Waals surface area contributed by atoms with Crippen LogP contribution >= 0.6 is 0 Å². The fraction of sp³-hybridized carbons (Fsp3) is 0.158. The minimum absolute atomic E-state index is 0.0487. The predicted octanol–water partition coefficient (Wildman–Crippen LogP) is 3.83. The summed E-state index contributed by atoms with van der Waals surface area (Å²) in [5.74, 6) is -1.01. The molecule has 0 saturated heterocycles. The standard InChI is InChI=1S/C19H20O3Si/c1-23(2,3)17-6-4-5-16(13-17)18(20)12-9-14-7-10-15(11-8-14)19(21)22/h4-13H,1-3H3,(H,21,22). The number of hydrogen-bond acceptors (Lipinski definition) is 2. The van der Waals surface area contributed by atoms with Gasteiger partial charge in [-0.05, 0) is 23.8 Å². The third-order valence-corrected chi connectivity index (χ3v) is 5.64. The molecule has 0 unspecified atom stereocenters. The average molecular weight is 324 g/mol. The molecule has 0 aliphatic rings. The molecule has 2 aromatic rings. The van der Waals surface area contributed by atoms with Gasteiger partial charge in [0.25, 0.3) is 0 Å². The quantitative estimate of drug-likeness (QED) is 0.517. The maximum absolute atomic E-state index is 12.3. The lowest BCUT2D eigenvalue weighted by Crippen LogP contribution is -2.37. The topological polar surface area (TPSA) is 54.4 Å². The van der Waals surface area contributed by atoms with Gasteiger partial charge in [0.15, 0.2) is 5.78 Å². The van der Waals surface area contributed by atoms with Gasteiger partial charge in [0.05, 0.1) is 13.6 Å². The second kappa shape index (κ2) is 6.75. The summed E-state index contributed by atoms with van der Waals surface area (Å²) in [6.45, 7) is 6.74.